The number of rotatable bonds is 3. The molecule has 0 heterocycles. The molecule has 0 aliphatic heterocycles. The Morgan fingerprint density at radius 1 is 1.47 bits per heavy atom. The minimum atomic E-state index is -0.262. The molecule has 0 saturated heterocycles. The maximum atomic E-state index is 11.9. The predicted octanol–water partition coefficient (Wildman–Crippen LogP) is 1.53. The summed E-state index contributed by atoms with van der Waals surface area (Å²) in [7, 11) is 0. The molecular formula is C13H17N3O. The van der Waals surface area contributed by atoms with Gasteiger partial charge in [0.05, 0.1) is 0 Å². The van der Waals surface area contributed by atoms with E-state index in [0.717, 1.165) is 11.1 Å². The molecule has 0 saturated carbocycles. The van der Waals surface area contributed by atoms with Crippen LogP contribution in [0.4, 0.5) is 0 Å². The van der Waals surface area contributed by atoms with Gasteiger partial charge in [-0.15, -0.1) is 0 Å². The van der Waals surface area contributed by atoms with Crippen LogP contribution < -0.4 is 11.5 Å². The van der Waals surface area contributed by atoms with Crippen LogP contribution in [-0.4, -0.2) is 11.6 Å². The molecule has 17 heavy (non-hydrogen) atoms. The molecule has 4 N–H and O–H groups in total. The summed E-state index contributed by atoms with van der Waals surface area (Å²) in [5.41, 5.74) is 13.8. The van der Waals surface area contributed by atoms with Gasteiger partial charge >= 0.3 is 0 Å². The molecular weight excluding hydrogens is 214 g/mol. The number of hydrogen-bond donors (Lipinski definition) is 2. The summed E-state index contributed by atoms with van der Waals surface area (Å²) in [6.45, 7) is 4.06. The van der Waals surface area contributed by atoms with Crippen LogP contribution in [0.1, 0.15) is 28.4 Å². The fourth-order valence-electron chi connectivity index (χ4n) is 1.49. The van der Waals surface area contributed by atoms with Crippen molar-refractivity contribution in [2.45, 2.75) is 20.4 Å². The number of carbonyl (C=O) groups excluding carboxylic acids is 1. The fraction of sp³-hybridized carbons (Fsp3) is 0.231. The molecule has 90 valence electrons. The Morgan fingerprint density at radius 3 is 2.71 bits per heavy atom. The van der Waals surface area contributed by atoms with Crippen molar-refractivity contribution in [2.24, 2.45) is 16.5 Å². The predicted molar refractivity (Wildman–Crippen MR) is 69.8 cm³/mol. The number of aryl methyl sites for hydroxylation is 1. The van der Waals surface area contributed by atoms with Crippen molar-refractivity contribution < 1.29 is 4.79 Å². The van der Waals surface area contributed by atoms with Gasteiger partial charge in [0.15, 0.2) is 0 Å². The zero-order valence-electron chi connectivity index (χ0n) is 10.1. The van der Waals surface area contributed by atoms with E-state index < -0.39 is 0 Å². The SMILES string of the molecule is CC(C=CN)=NC(=O)c1ccc(CN)cc1C. The standard InChI is InChI=1S/C13H17N3O/c1-9-7-11(8-15)3-4-12(9)13(17)16-10(2)5-6-14/h3-7H,8,14-15H2,1-2H3. The molecule has 1 aromatic carbocycles. The summed E-state index contributed by atoms with van der Waals surface area (Å²) >= 11 is 0. The molecule has 4 heteroatoms. The second-order valence-corrected chi connectivity index (χ2v) is 3.77. The van der Waals surface area contributed by atoms with Gasteiger partial charge in [0.25, 0.3) is 5.91 Å². The zero-order chi connectivity index (χ0) is 12.8. The first-order valence-electron chi connectivity index (χ1n) is 5.36. The molecule has 0 spiro atoms. The van der Waals surface area contributed by atoms with Crippen LogP contribution in [0.2, 0.25) is 0 Å². The lowest BCUT2D eigenvalue weighted by atomic mass is 10.0. The molecule has 4 nitrogen and oxygen atoms in total. The van der Waals surface area contributed by atoms with Crippen LogP contribution >= 0.6 is 0 Å². The van der Waals surface area contributed by atoms with Crippen LogP contribution in [0.25, 0.3) is 0 Å². The van der Waals surface area contributed by atoms with Gasteiger partial charge in [-0.25, -0.2) is 4.99 Å². The number of benzene rings is 1. The molecule has 0 aliphatic rings. The number of nitrogens with two attached hydrogens (primary N) is 2. The normalized spacial score (nSPS) is 12.1. The summed E-state index contributed by atoms with van der Waals surface area (Å²) in [6.07, 6.45) is 2.94. The minimum absolute atomic E-state index is 0.262. The van der Waals surface area contributed by atoms with E-state index in [-0.39, 0.29) is 5.91 Å². The number of carbonyl (C=O) groups is 1. The van der Waals surface area contributed by atoms with Gasteiger partial charge in [-0.1, -0.05) is 12.1 Å². The molecule has 0 aromatic heterocycles. The van der Waals surface area contributed by atoms with Crippen molar-refractivity contribution in [3.63, 3.8) is 0 Å². The van der Waals surface area contributed by atoms with Crippen LogP contribution in [0, 0.1) is 6.92 Å². The first kappa shape index (κ1) is 13.1. The lowest BCUT2D eigenvalue weighted by Crippen LogP contribution is -2.04. The van der Waals surface area contributed by atoms with Crippen molar-refractivity contribution in [1.29, 1.82) is 0 Å². The van der Waals surface area contributed by atoms with Crippen molar-refractivity contribution in [3.05, 3.63) is 47.2 Å². The van der Waals surface area contributed by atoms with Gasteiger partial charge in [-0.05, 0) is 43.3 Å². The van der Waals surface area contributed by atoms with Crippen molar-refractivity contribution in [2.75, 3.05) is 0 Å². The highest BCUT2D eigenvalue weighted by Crippen LogP contribution is 2.12. The molecule has 0 radical (unpaired) electrons. The van der Waals surface area contributed by atoms with E-state index in [9.17, 15) is 4.79 Å². The summed E-state index contributed by atoms with van der Waals surface area (Å²) in [4.78, 5) is 15.8. The number of hydrogen-bond acceptors (Lipinski definition) is 3. The largest absolute Gasteiger partial charge is 0.405 e. The Morgan fingerprint density at radius 2 is 2.18 bits per heavy atom. The van der Waals surface area contributed by atoms with E-state index in [2.05, 4.69) is 4.99 Å². The van der Waals surface area contributed by atoms with E-state index >= 15 is 0 Å². The highest BCUT2D eigenvalue weighted by molar-refractivity contribution is 6.07. The molecule has 0 unspecified atom stereocenters. The third-order valence-electron chi connectivity index (χ3n) is 2.37. The number of amides is 1. The van der Waals surface area contributed by atoms with E-state index in [1.165, 1.54) is 6.20 Å². The maximum Gasteiger partial charge on any atom is 0.277 e. The zero-order valence-corrected chi connectivity index (χ0v) is 10.1. The van der Waals surface area contributed by atoms with E-state index in [4.69, 9.17) is 11.5 Å². The van der Waals surface area contributed by atoms with Crippen LogP contribution in [0.3, 0.4) is 0 Å². The molecule has 1 amide bonds. The smallest absolute Gasteiger partial charge is 0.277 e. The van der Waals surface area contributed by atoms with Crippen LogP contribution in [0.15, 0.2) is 35.5 Å². The fourth-order valence-corrected chi connectivity index (χ4v) is 1.49. The van der Waals surface area contributed by atoms with Gasteiger partial charge in [0.2, 0.25) is 0 Å². The van der Waals surface area contributed by atoms with Crippen molar-refractivity contribution in [1.82, 2.24) is 0 Å². The number of aliphatic imine (C=N–C) groups is 1. The highest BCUT2D eigenvalue weighted by Gasteiger charge is 2.08. The quantitative estimate of drug-likeness (QED) is 0.774. The van der Waals surface area contributed by atoms with Gasteiger partial charge in [0, 0.05) is 17.8 Å². The summed E-state index contributed by atoms with van der Waals surface area (Å²) < 4.78 is 0. The molecule has 0 fully saturated rings. The second kappa shape index (κ2) is 5.96. The van der Waals surface area contributed by atoms with Gasteiger partial charge in [-0.2, -0.15) is 0 Å². The first-order valence-corrected chi connectivity index (χ1v) is 5.36. The first-order chi connectivity index (χ1) is 8.08. The third kappa shape index (κ3) is 3.53. The molecule has 1 aromatic rings. The lowest BCUT2D eigenvalue weighted by Gasteiger charge is -2.04. The summed E-state index contributed by atoms with van der Waals surface area (Å²) in [5, 5.41) is 0. The number of allylic oxidation sites excluding steroid dienone is 1. The Balaban J connectivity index is 3.01. The van der Waals surface area contributed by atoms with Crippen molar-refractivity contribution >= 4 is 11.6 Å². The molecule has 0 atom stereocenters. The summed E-state index contributed by atoms with van der Waals surface area (Å²) in [6, 6.07) is 5.49. The molecule has 0 bridgehead atoms. The van der Waals surface area contributed by atoms with Gasteiger partial charge in [-0.3, -0.25) is 4.79 Å². The maximum absolute atomic E-state index is 11.9. The molecule has 1 rings (SSSR count). The Kier molecular flexibility index (Phi) is 4.60. The van der Waals surface area contributed by atoms with E-state index in [0.29, 0.717) is 17.8 Å². The summed E-state index contributed by atoms with van der Waals surface area (Å²) in [5.74, 6) is -0.262. The Labute approximate surface area is 101 Å². The topological polar surface area (TPSA) is 81.5 Å². The van der Waals surface area contributed by atoms with Gasteiger partial charge < -0.3 is 11.5 Å². The Hall–Kier alpha value is -1.94. The monoisotopic (exact) mass is 231 g/mol. The van der Waals surface area contributed by atoms with E-state index in [1.807, 2.05) is 19.1 Å². The van der Waals surface area contributed by atoms with Crippen molar-refractivity contribution in [3.8, 4) is 0 Å². The molecule has 0 aliphatic carbocycles. The average Bonchev–Trinajstić information content (AvgIpc) is 2.28. The number of nitrogens with zero attached hydrogens (tertiary/aromatic N) is 1. The van der Waals surface area contributed by atoms with Gasteiger partial charge in [0.1, 0.15) is 0 Å². The Bertz CT molecular complexity index is 476. The van der Waals surface area contributed by atoms with E-state index in [1.54, 1.807) is 19.1 Å². The van der Waals surface area contributed by atoms with Crippen LogP contribution in [0.5, 0.6) is 0 Å². The minimum Gasteiger partial charge on any atom is -0.405 e. The van der Waals surface area contributed by atoms with Crippen LogP contribution in [-0.2, 0) is 6.54 Å². The highest BCUT2D eigenvalue weighted by atomic mass is 16.1. The third-order valence-corrected chi connectivity index (χ3v) is 2.37. The second-order valence-electron chi connectivity index (χ2n) is 3.77. The average molecular weight is 231 g/mol. The lowest BCUT2D eigenvalue weighted by molar-refractivity contribution is 0.100.